The molecule has 0 spiro atoms. The van der Waals surface area contributed by atoms with Gasteiger partial charge in [-0.3, -0.25) is 4.79 Å². The molecule has 5 heteroatoms. The number of hydrogen-bond donors (Lipinski definition) is 1. The Balaban J connectivity index is 1.61. The zero-order valence-electron chi connectivity index (χ0n) is 15.6. The minimum absolute atomic E-state index is 0.00995. The van der Waals surface area contributed by atoms with Gasteiger partial charge in [0, 0.05) is 23.8 Å². The van der Waals surface area contributed by atoms with E-state index in [-0.39, 0.29) is 5.91 Å². The Kier molecular flexibility index (Phi) is 4.67. The van der Waals surface area contributed by atoms with Gasteiger partial charge >= 0.3 is 0 Å². The predicted octanol–water partition coefficient (Wildman–Crippen LogP) is 4.20. The standard InChI is InChI=1S/C22H23N3O2/c1-15-20(24-21(23-15)17-9-6-10-19(13-17)27-2)22(26)25(18-11-12-18)14-16-7-4-3-5-8-16/h3-10,13,18H,11-12,14H2,1-2H3,(H,23,24). The van der Waals surface area contributed by atoms with Gasteiger partial charge in [0.05, 0.1) is 7.11 Å². The molecule has 2 aromatic carbocycles. The van der Waals surface area contributed by atoms with Crippen LogP contribution >= 0.6 is 0 Å². The van der Waals surface area contributed by atoms with Crippen molar-refractivity contribution >= 4 is 5.91 Å². The SMILES string of the molecule is COc1cccc(-c2nc(C(=O)N(Cc3ccccc3)C3CC3)c(C)[nH]2)c1. The van der Waals surface area contributed by atoms with Gasteiger partial charge in [0.15, 0.2) is 0 Å². The van der Waals surface area contributed by atoms with Crippen LogP contribution in [0.4, 0.5) is 0 Å². The van der Waals surface area contributed by atoms with Crippen LogP contribution in [0.5, 0.6) is 5.75 Å². The average molecular weight is 361 g/mol. The number of H-pyrrole nitrogens is 1. The zero-order valence-corrected chi connectivity index (χ0v) is 15.6. The van der Waals surface area contributed by atoms with E-state index in [2.05, 4.69) is 22.1 Å². The van der Waals surface area contributed by atoms with Crippen molar-refractivity contribution in [3.05, 3.63) is 71.5 Å². The average Bonchev–Trinajstić information content (AvgIpc) is 3.47. The van der Waals surface area contributed by atoms with Crippen molar-refractivity contribution in [1.29, 1.82) is 0 Å². The number of nitrogens with zero attached hydrogens (tertiary/aromatic N) is 2. The van der Waals surface area contributed by atoms with Gasteiger partial charge < -0.3 is 14.6 Å². The fourth-order valence-corrected chi connectivity index (χ4v) is 3.24. The fraction of sp³-hybridized carbons (Fsp3) is 0.273. The highest BCUT2D eigenvalue weighted by atomic mass is 16.5. The van der Waals surface area contributed by atoms with Crippen LogP contribution in [0.3, 0.4) is 0 Å². The van der Waals surface area contributed by atoms with Crippen molar-refractivity contribution in [2.24, 2.45) is 0 Å². The normalized spacial score (nSPS) is 13.4. The van der Waals surface area contributed by atoms with Gasteiger partial charge in [-0.05, 0) is 37.5 Å². The fourth-order valence-electron chi connectivity index (χ4n) is 3.24. The van der Waals surface area contributed by atoms with Gasteiger partial charge in [0.2, 0.25) is 0 Å². The van der Waals surface area contributed by atoms with Gasteiger partial charge in [-0.15, -0.1) is 0 Å². The summed E-state index contributed by atoms with van der Waals surface area (Å²) in [6, 6.07) is 18.1. The third-order valence-corrected chi connectivity index (χ3v) is 4.87. The van der Waals surface area contributed by atoms with Gasteiger partial charge in [0.1, 0.15) is 17.3 Å². The summed E-state index contributed by atoms with van der Waals surface area (Å²) >= 11 is 0. The minimum Gasteiger partial charge on any atom is -0.497 e. The third kappa shape index (κ3) is 3.72. The molecule has 0 aliphatic heterocycles. The predicted molar refractivity (Wildman–Crippen MR) is 105 cm³/mol. The summed E-state index contributed by atoms with van der Waals surface area (Å²) in [5, 5.41) is 0. The van der Waals surface area contributed by atoms with Crippen LogP contribution in [0.25, 0.3) is 11.4 Å². The number of imidazole rings is 1. The highest BCUT2D eigenvalue weighted by Crippen LogP contribution is 2.31. The van der Waals surface area contributed by atoms with Crippen molar-refractivity contribution < 1.29 is 9.53 Å². The van der Waals surface area contributed by atoms with Crippen LogP contribution in [0, 0.1) is 6.92 Å². The Labute approximate surface area is 159 Å². The highest BCUT2D eigenvalue weighted by molar-refractivity contribution is 5.94. The Morgan fingerprint density at radius 3 is 2.67 bits per heavy atom. The molecule has 27 heavy (non-hydrogen) atoms. The summed E-state index contributed by atoms with van der Waals surface area (Å²) in [6.07, 6.45) is 2.12. The molecular weight excluding hydrogens is 338 g/mol. The second kappa shape index (κ2) is 7.27. The van der Waals surface area contributed by atoms with E-state index >= 15 is 0 Å². The summed E-state index contributed by atoms with van der Waals surface area (Å²) < 4.78 is 5.29. The zero-order chi connectivity index (χ0) is 18.8. The number of amides is 1. The lowest BCUT2D eigenvalue weighted by Crippen LogP contribution is -2.33. The lowest BCUT2D eigenvalue weighted by molar-refractivity contribution is 0.0724. The molecule has 1 amide bonds. The number of nitrogens with one attached hydrogen (secondary N) is 1. The van der Waals surface area contributed by atoms with E-state index in [0.29, 0.717) is 24.1 Å². The van der Waals surface area contributed by atoms with Crippen LogP contribution < -0.4 is 4.74 Å². The molecule has 0 saturated heterocycles. The molecule has 1 aliphatic carbocycles. The first-order valence-electron chi connectivity index (χ1n) is 9.21. The van der Waals surface area contributed by atoms with E-state index in [4.69, 9.17) is 4.74 Å². The number of methoxy groups -OCH3 is 1. The van der Waals surface area contributed by atoms with Crippen LogP contribution in [0.15, 0.2) is 54.6 Å². The smallest absolute Gasteiger partial charge is 0.274 e. The molecule has 3 aromatic rings. The molecule has 5 nitrogen and oxygen atoms in total. The lowest BCUT2D eigenvalue weighted by Gasteiger charge is -2.22. The van der Waals surface area contributed by atoms with Crippen molar-refractivity contribution in [1.82, 2.24) is 14.9 Å². The van der Waals surface area contributed by atoms with Gasteiger partial charge in [-0.25, -0.2) is 4.98 Å². The van der Waals surface area contributed by atoms with E-state index in [1.54, 1.807) is 7.11 Å². The Hall–Kier alpha value is -3.08. The van der Waals surface area contributed by atoms with Gasteiger partial charge in [-0.1, -0.05) is 42.5 Å². The van der Waals surface area contributed by atoms with Crippen LogP contribution in [0.1, 0.15) is 34.6 Å². The number of hydrogen-bond acceptors (Lipinski definition) is 3. The maximum absolute atomic E-state index is 13.2. The summed E-state index contributed by atoms with van der Waals surface area (Å²) in [5.41, 5.74) is 3.32. The molecule has 0 radical (unpaired) electrons. The molecule has 1 fully saturated rings. The van der Waals surface area contributed by atoms with Crippen molar-refractivity contribution in [3.8, 4) is 17.1 Å². The Bertz CT molecular complexity index is 945. The number of aromatic amines is 1. The van der Waals surface area contributed by atoms with E-state index in [9.17, 15) is 4.79 Å². The molecule has 4 rings (SSSR count). The second-order valence-electron chi connectivity index (χ2n) is 6.94. The molecule has 1 saturated carbocycles. The maximum Gasteiger partial charge on any atom is 0.274 e. The molecule has 0 unspecified atom stereocenters. The molecule has 138 valence electrons. The Morgan fingerprint density at radius 2 is 1.96 bits per heavy atom. The number of benzene rings is 2. The van der Waals surface area contributed by atoms with Crippen molar-refractivity contribution in [3.63, 3.8) is 0 Å². The highest BCUT2D eigenvalue weighted by Gasteiger charge is 2.34. The van der Waals surface area contributed by atoms with Crippen LogP contribution in [-0.2, 0) is 6.54 Å². The summed E-state index contributed by atoms with van der Waals surface area (Å²) in [7, 11) is 1.64. The Morgan fingerprint density at radius 1 is 1.19 bits per heavy atom. The van der Waals surface area contributed by atoms with E-state index in [1.807, 2.05) is 54.3 Å². The molecular formula is C22H23N3O2. The molecule has 1 aromatic heterocycles. The van der Waals surface area contributed by atoms with Crippen LogP contribution in [-0.4, -0.2) is 33.9 Å². The van der Waals surface area contributed by atoms with E-state index in [0.717, 1.165) is 35.4 Å². The summed E-state index contributed by atoms with van der Waals surface area (Å²) in [6.45, 7) is 2.52. The van der Waals surface area contributed by atoms with E-state index < -0.39 is 0 Å². The van der Waals surface area contributed by atoms with Gasteiger partial charge in [0.25, 0.3) is 5.91 Å². The van der Waals surface area contributed by atoms with Crippen LogP contribution in [0.2, 0.25) is 0 Å². The molecule has 0 atom stereocenters. The minimum atomic E-state index is -0.00995. The molecule has 1 N–H and O–H groups in total. The quantitative estimate of drug-likeness (QED) is 0.716. The molecule has 0 bridgehead atoms. The summed E-state index contributed by atoms with van der Waals surface area (Å²) in [5.74, 6) is 1.44. The van der Waals surface area contributed by atoms with Crippen molar-refractivity contribution in [2.75, 3.05) is 7.11 Å². The second-order valence-corrected chi connectivity index (χ2v) is 6.94. The number of carbonyl (C=O) groups excluding carboxylic acids is 1. The molecule has 1 aliphatic rings. The van der Waals surface area contributed by atoms with Crippen molar-refractivity contribution in [2.45, 2.75) is 32.4 Å². The number of aromatic nitrogens is 2. The largest absolute Gasteiger partial charge is 0.497 e. The lowest BCUT2D eigenvalue weighted by atomic mass is 10.2. The summed E-state index contributed by atoms with van der Waals surface area (Å²) in [4.78, 5) is 23.1. The number of carbonyl (C=O) groups is 1. The number of rotatable bonds is 6. The maximum atomic E-state index is 13.2. The van der Waals surface area contributed by atoms with E-state index in [1.165, 1.54) is 0 Å². The number of ether oxygens (including phenoxy) is 1. The van der Waals surface area contributed by atoms with Gasteiger partial charge in [-0.2, -0.15) is 0 Å². The molecule has 1 heterocycles. The first-order chi connectivity index (χ1) is 13.2. The third-order valence-electron chi connectivity index (χ3n) is 4.87. The monoisotopic (exact) mass is 361 g/mol. The number of aryl methyl sites for hydroxylation is 1. The topological polar surface area (TPSA) is 58.2 Å². The first-order valence-corrected chi connectivity index (χ1v) is 9.21. The first kappa shape index (κ1) is 17.3.